The summed E-state index contributed by atoms with van der Waals surface area (Å²) in [4.78, 5) is 29.7. The van der Waals surface area contributed by atoms with Gasteiger partial charge in [-0.1, -0.05) is 22.0 Å². The lowest BCUT2D eigenvalue weighted by atomic mass is 9.90. The summed E-state index contributed by atoms with van der Waals surface area (Å²) in [5.41, 5.74) is 0. The molecule has 0 spiro atoms. The molecule has 2 aliphatic heterocycles. The number of piperidine rings is 1. The molecule has 0 unspecified atom stereocenters. The Labute approximate surface area is 202 Å². The van der Waals surface area contributed by atoms with Crippen LogP contribution in [0.5, 0.6) is 5.75 Å². The Morgan fingerprint density at radius 3 is 2.73 bits per heavy atom. The van der Waals surface area contributed by atoms with Crippen LogP contribution in [0.1, 0.15) is 25.7 Å². The first-order chi connectivity index (χ1) is 16.1. The summed E-state index contributed by atoms with van der Waals surface area (Å²) in [6.45, 7) is 4.30. The summed E-state index contributed by atoms with van der Waals surface area (Å²) >= 11 is 3.49. The summed E-state index contributed by atoms with van der Waals surface area (Å²) in [5.74, 6) is 0.964. The molecule has 178 valence electrons. The van der Waals surface area contributed by atoms with Gasteiger partial charge in [0.25, 0.3) is 0 Å². The molecule has 3 heterocycles. The van der Waals surface area contributed by atoms with Crippen LogP contribution in [0.3, 0.4) is 0 Å². The van der Waals surface area contributed by atoms with E-state index in [0.717, 1.165) is 23.2 Å². The second-order valence-corrected chi connectivity index (χ2v) is 9.49. The van der Waals surface area contributed by atoms with Gasteiger partial charge in [0.1, 0.15) is 11.9 Å². The zero-order valence-corrected chi connectivity index (χ0v) is 20.4. The number of halogens is 1. The highest BCUT2D eigenvalue weighted by molar-refractivity contribution is 9.10. The van der Waals surface area contributed by atoms with Crippen LogP contribution in [-0.4, -0.2) is 76.9 Å². The third-order valence-corrected chi connectivity index (χ3v) is 6.73. The molecule has 1 aromatic carbocycles. The monoisotopic (exact) mass is 518 g/mol. The minimum absolute atomic E-state index is 0.0526. The number of amides is 2. The maximum absolute atomic E-state index is 13.0. The van der Waals surface area contributed by atoms with E-state index in [4.69, 9.17) is 9.47 Å². The number of morpholine rings is 1. The van der Waals surface area contributed by atoms with Crippen LogP contribution in [-0.2, 0) is 20.9 Å². The zero-order chi connectivity index (χ0) is 23.0. The molecular formula is C24H31BrN4O4. The largest absolute Gasteiger partial charge is 0.490 e. The predicted molar refractivity (Wildman–Crippen MR) is 127 cm³/mol. The van der Waals surface area contributed by atoms with Crippen molar-refractivity contribution in [3.05, 3.63) is 47.2 Å². The predicted octanol–water partition coefficient (Wildman–Crippen LogP) is 2.97. The number of carbonyl (C=O) groups excluding carboxylic acids is 2. The Kier molecular flexibility index (Phi) is 8.39. The van der Waals surface area contributed by atoms with Crippen molar-refractivity contribution in [2.45, 2.75) is 38.3 Å². The van der Waals surface area contributed by atoms with Crippen LogP contribution in [0.15, 0.2) is 47.2 Å². The molecule has 0 bridgehead atoms. The third-order valence-electron chi connectivity index (χ3n) is 6.24. The number of rotatable bonds is 8. The van der Waals surface area contributed by atoms with Crippen molar-refractivity contribution in [2.75, 3.05) is 39.4 Å². The zero-order valence-electron chi connectivity index (χ0n) is 18.8. The van der Waals surface area contributed by atoms with Crippen molar-refractivity contribution in [2.24, 2.45) is 5.92 Å². The van der Waals surface area contributed by atoms with E-state index in [9.17, 15) is 9.59 Å². The summed E-state index contributed by atoms with van der Waals surface area (Å²) in [6.07, 6.45) is 5.83. The standard InChI is InChI=1S/C24H31BrN4O4/c25-20-4-1-5-21(17-20)33-22-7-11-28(23(30)6-2-9-29-10-3-8-26-29)18-19(22)16-24(31)27-12-14-32-15-13-27/h1,3-5,8,10,17,19,22H,2,6-7,9,11-16,18H2/t19-,22-/m0/s1. The highest BCUT2D eigenvalue weighted by Crippen LogP contribution is 2.28. The molecule has 2 aromatic rings. The van der Waals surface area contributed by atoms with Gasteiger partial charge in [0, 0.05) is 74.8 Å². The fourth-order valence-electron chi connectivity index (χ4n) is 4.45. The maximum Gasteiger partial charge on any atom is 0.223 e. The lowest BCUT2D eigenvalue weighted by Crippen LogP contribution is -2.50. The average Bonchev–Trinajstić information content (AvgIpc) is 3.34. The van der Waals surface area contributed by atoms with E-state index in [2.05, 4.69) is 21.0 Å². The molecule has 0 radical (unpaired) electrons. The molecule has 2 amide bonds. The van der Waals surface area contributed by atoms with Crippen LogP contribution in [0.2, 0.25) is 0 Å². The number of hydrogen-bond acceptors (Lipinski definition) is 5. The van der Waals surface area contributed by atoms with Gasteiger partial charge in [-0.05, 0) is 30.7 Å². The Balaban J connectivity index is 1.38. The topological polar surface area (TPSA) is 76.9 Å². The first-order valence-electron chi connectivity index (χ1n) is 11.6. The summed E-state index contributed by atoms with van der Waals surface area (Å²) in [7, 11) is 0. The van der Waals surface area contributed by atoms with Gasteiger partial charge in [-0.2, -0.15) is 5.10 Å². The summed E-state index contributed by atoms with van der Waals surface area (Å²) in [6, 6.07) is 9.64. The number of hydrogen-bond donors (Lipinski definition) is 0. The van der Waals surface area contributed by atoms with E-state index in [0.29, 0.717) is 58.7 Å². The van der Waals surface area contributed by atoms with Gasteiger partial charge in [0.2, 0.25) is 11.8 Å². The van der Waals surface area contributed by atoms with E-state index in [1.807, 2.05) is 51.0 Å². The lowest BCUT2D eigenvalue weighted by molar-refractivity contribution is -0.141. The molecule has 2 saturated heterocycles. The number of likely N-dealkylation sites (tertiary alicyclic amines) is 1. The molecule has 0 aliphatic carbocycles. The fraction of sp³-hybridized carbons (Fsp3) is 0.542. The van der Waals surface area contributed by atoms with Crippen molar-refractivity contribution >= 4 is 27.7 Å². The smallest absolute Gasteiger partial charge is 0.223 e. The first-order valence-corrected chi connectivity index (χ1v) is 12.4. The highest BCUT2D eigenvalue weighted by Gasteiger charge is 2.35. The van der Waals surface area contributed by atoms with Crippen molar-refractivity contribution < 1.29 is 19.1 Å². The Bertz CT molecular complexity index is 917. The molecule has 2 aliphatic rings. The number of aryl methyl sites for hydroxylation is 1. The van der Waals surface area contributed by atoms with Gasteiger partial charge in [-0.15, -0.1) is 0 Å². The van der Waals surface area contributed by atoms with Crippen molar-refractivity contribution in [1.82, 2.24) is 19.6 Å². The number of benzene rings is 1. The molecule has 9 heteroatoms. The SMILES string of the molecule is O=C(C[C@H]1CN(C(=O)CCCn2cccn2)CC[C@@H]1Oc1cccc(Br)c1)N1CCOCC1. The maximum atomic E-state index is 13.0. The van der Waals surface area contributed by atoms with Crippen LogP contribution < -0.4 is 4.74 Å². The summed E-state index contributed by atoms with van der Waals surface area (Å²) < 4.78 is 14.5. The normalized spacial score (nSPS) is 21.1. The molecule has 2 atom stereocenters. The van der Waals surface area contributed by atoms with E-state index < -0.39 is 0 Å². The Morgan fingerprint density at radius 1 is 1.12 bits per heavy atom. The minimum Gasteiger partial charge on any atom is -0.490 e. The average molecular weight is 519 g/mol. The molecule has 0 saturated carbocycles. The number of nitrogens with zero attached hydrogens (tertiary/aromatic N) is 4. The van der Waals surface area contributed by atoms with Crippen LogP contribution >= 0.6 is 15.9 Å². The second-order valence-electron chi connectivity index (χ2n) is 8.57. The fourth-order valence-corrected chi connectivity index (χ4v) is 4.83. The van der Waals surface area contributed by atoms with Gasteiger partial charge < -0.3 is 19.3 Å². The van der Waals surface area contributed by atoms with Crippen molar-refractivity contribution in [3.63, 3.8) is 0 Å². The van der Waals surface area contributed by atoms with Crippen LogP contribution in [0.4, 0.5) is 0 Å². The van der Waals surface area contributed by atoms with Crippen LogP contribution in [0, 0.1) is 5.92 Å². The molecule has 2 fully saturated rings. The van der Waals surface area contributed by atoms with E-state index >= 15 is 0 Å². The number of carbonyl (C=O) groups is 2. The molecule has 1 aromatic heterocycles. The van der Waals surface area contributed by atoms with Crippen LogP contribution in [0.25, 0.3) is 0 Å². The Hall–Kier alpha value is -2.39. The minimum atomic E-state index is -0.114. The molecule has 8 nitrogen and oxygen atoms in total. The van der Waals surface area contributed by atoms with Gasteiger partial charge >= 0.3 is 0 Å². The lowest BCUT2D eigenvalue weighted by Gasteiger charge is -2.39. The van der Waals surface area contributed by atoms with E-state index in [-0.39, 0.29) is 23.8 Å². The van der Waals surface area contributed by atoms with Gasteiger partial charge in [0.05, 0.1) is 13.2 Å². The van der Waals surface area contributed by atoms with Gasteiger partial charge in [-0.25, -0.2) is 0 Å². The first kappa shape index (κ1) is 23.8. The highest BCUT2D eigenvalue weighted by atomic mass is 79.9. The van der Waals surface area contributed by atoms with E-state index in [1.165, 1.54) is 0 Å². The Morgan fingerprint density at radius 2 is 1.97 bits per heavy atom. The molecular weight excluding hydrogens is 488 g/mol. The van der Waals surface area contributed by atoms with Crippen molar-refractivity contribution in [3.8, 4) is 5.75 Å². The van der Waals surface area contributed by atoms with Crippen molar-refractivity contribution in [1.29, 1.82) is 0 Å². The number of ether oxygens (including phenoxy) is 2. The quantitative estimate of drug-likeness (QED) is 0.536. The molecule has 4 rings (SSSR count). The summed E-state index contributed by atoms with van der Waals surface area (Å²) in [5, 5.41) is 4.19. The number of aromatic nitrogens is 2. The van der Waals surface area contributed by atoms with Gasteiger partial charge in [-0.3, -0.25) is 14.3 Å². The third kappa shape index (κ3) is 6.80. The molecule has 0 N–H and O–H groups in total. The second kappa shape index (κ2) is 11.7. The van der Waals surface area contributed by atoms with Gasteiger partial charge in [0.15, 0.2) is 0 Å². The van der Waals surface area contributed by atoms with E-state index in [1.54, 1.807) is 6.20 Å². The molecule has 33 heavy (non-hydrogen) atoms.